The molecule has 170 valence electrons. The Bertz CT molecular complexity index is 1470. The number of nitro groups is 1. The van der Waals surface area contributed by atoms with Crippen LogP contribution in [0.3, 0.4) is 0 Å². The van der Waals surface area contributed by atoms with Crippen molar-refractivity contribution in [3.05, 3.63) is 97.1 Å². The monoisotopic (exact) mass is 498 g/mol. The van der Waals surface area contributed by atoms with E-state index in [9.17, 15) is 10.1 Å². The number of nitrogens with zero attached hydrogens (tertiary/aromatic N) is 4. The summed E-state index contributed by atoms with van der Waals surface area (Å²) >= 11 is 12.1. The number of nitriles is 1. The van der Waals surface area contributed by atoms with Crippen molar-refractivity contribution in [2.24, 2.45) is 0 Å². The van der Waals surface area contributed by atoms with Crippen LogP contribution in [0.2, 0.25) is 10.0 Å². The van der Waals surface area contributed by atoms with Gasteiger partial charge in [0.15, 0.2) is 11.6 Å². The molecule has 0 spiro atoms. The van der Waals surface area contributed by atoms with Gasteiger partial charge in [-0.15, -0.1) is 10.2 Å². The summed E-state index contributed by atoms with van der Waals surface area (Å²) in [4.78, 5) is 10.6. The molecule has 1 aromatic heterocycles. The molecule has 0 saturated heterocycles. The lowest BCUT2D eigenvalue weighted by molar-refractivity contribution is -0.384. The summed E-state index contributed by atoms with van der Waals surface area (Å²) in [7, 11) is 0. The summed E-state index contributed by atoms with van der Waals surface area (Å²) in [6.45, 7) is 1.75. The second-order valence-electron chi connectivity index (χ2n) is 7.17. The number of benzene rings is 3. The molecule has 0 aliphatic rings. The average molecular weight is 499 g/mol. The van der Waals surface area contributed by atoms with Crippen LogP contribution >= 0.6 is 23.2 Å². The van der Waals surface area contributed by atoms with Gasteiger partial charge < -0.3 is 9.15 Å². The van der Waals surface area contributed by atoms with Gasteiger partial charge in [0.2, 0.25) is 11.8 Å². The van der Waals surface area contributed by atoms with Crippen LogP contribution in [-0.2, 0) is 6.42 Å². The summed E-state index contributed by atoms with van der Waals surface area (Å²) in [6, 6.07) is 13.4. The lowest BCUT2D eigenvalue weighted by Gasteiger charge is -2.12. The normalized spacial score (nSPS) is 10.7. The first-order valence-corrected chi connectivity index (χ1v) is 10.4. The van der Waals surface area contributed by atoms with Crippen LogP contribution in [0.15, 0.2) is 52.9 Å². The van der Waals surface area contributed by atoms with Crippen molar-refractivity contribution in [3.63, 3.8) is 0 Å². The summed E-state index contributed by atoms with van der Waals surface area (Å²) in [6.07, 6.45) is -0.0840. The van der Waals surface area contributed by atoms with Crippen molar-refractivity contribution in [1.82, 2.24) is 10.2 Å². The van der Waals surface area contributed by atoms with Gasteiger partial charge in [-0.1, -0.05) is 35.3 Å². The highest BCUT2D eigenvalue weighted by atomic mass is 35.5. The van der Waals surface area contributed by atoms with Crippen LogP contribution in [0, 0.1) is 34.2 Å². The molecule has 3 aromatic carbocycles. The highest BCUT2D eigenvalue weighted by Crippen LogP contribution is 2.36. The molecule has 8 nitrogen and oxygen atoms in total. The van der Waals surface area contributed by atoms with E-state index in [1.165, 1.54) is 42.5 Å². The predicted molar refractivity (Wildman–Crippen MR) is 122 cm³/mol. The Balaban J connectivity index is 1.63. The molecule has 0 bridgehead atoms. The minimum Gasteiger partial charge on any atom is -0.453 e. The maximum absolute atomic E-state index is 15.3. The second kappa shape index (κ2) is 9.47. The van der Waals surface area contributed by atoms with E-state index < -0.39 is 10.7 Å². The quantitative estimate of drug-likeness (QED) is 0.215. The number of halogens is 3. The maximum Gasteiger partial charge on any atom is 0.270 e. The fourth-order valence-electron chi connectivity index (χ4n) is 3.16. The molecule has 1 heterocycles. The molecule has 4 aromatic rings. The van der Waals surface area contributed by atoms with Gasteiger partial charge in [0.25, 0.3) is 5.69 Å². The van der Waals surface area contributed by atoms with E-state index in [0.29, 0.717) is 11.1 Å². The van der Waals surface area contributed by atoms with Crippen molar-refractivity contribution in [1.29, 1.82) is 5.26 Å². The van der Waals surface area contributed by atoms with E-state index in [1.807, 2.05) is 6.07 Å². The van der Waals surface area contributed by atoms with Crippen LogP contribution in [-0.4, -0.2) is 15.1 Å². The standard InChI is InChI=1S/C23H13Cl2FN4O4/c1-12-2-4-16(30(31)32)10-18(12)23-29-28-20(34-23)8-14-3-5-19(25)22(21(14)26)33-17-7-13(11-27)6-15(24)9-17/h2-7,9-10H,8H2,1H3. The zero-order valence-corrected chi connectivity index (χ0v) is 18.9. The van der Waals surface area contributed by atoms with Crippen LogP contribution in [0.1, 0.15) is 22.6 Å². The molecule has 0 atom stereocenters. The minimum absolute atomic E-state index is 0.0122. The number of hydrogen-bond acceptors (Lipinski definition) is 7. The van der Waals surface area contributed by atoms with Crippen LogP contribution in [0.4, 0.5) is 10.1 Å². The topological polar surface area (TPSA) is 115 Å². The fourth-order valence-corrected chi connectivity index (χ4v) is 3.57. The van der Waals surface area contributed by atoms with E-state index >= 15 is 4.39 Å². The zero-order valence-electron chi connectivity index (χ0n) is 17.4. The van der Waals surface area contributed by atoms with Gasteiger partial charge in [-0.2, -0.15) is 5.26 Å². The van der Waals surface area contributed by atoms with Gasteiger partial charge in [0.1, 0.15) is 5.75 Å². The molecule has 0 aliphatic carbocycles. The fraction of sp³-hybridized carbons (Fsp3) is 0.0870. The number of ether oxygens (including phenoxy) is 1. The lowest BCUT2D eigenvalue weighted by atomic mass is 10.1. The van der Waals surface area contributed by atoms with Crippen LogP contribution in [0.25, 0.3) is 11.5 Å². The first kappa shape index (κ1) is 23.2. The Hall–Kier alpha value is -4.00. The number of hydrogen-bond donors (Lipinski definition) is 0. The summed E-state index contributed by atoms with van der Waals surface area (Å²) < 4.78 is 26.5. The zero-order chi connectivity index (χ0) is 24.4. The Kier molecular flexibility index (Phi) is 6.45. The number of aromatic nitrogens is 2. The molecule has 4 rings (SSSR count). The number of non-ortho nitro benzene ring substituents is 1. The molecule has 0 N–H and O–H groups in total. The maximum atomic E-state index is 15.3. The smallest absolute Gasteiger partial charge is 0.270 e. The molecule has 0 amide bonds. The van der Waals surface area contributed by atoms with Crippen molar-refractivity contribution in [3.8, 4) is 29.0 Å². The molecule has 0 saturated carbocycles. The van der Waals surface area contributed by atoms with Gasteiger partial charge in [-0.05, 0) is 36.8 Å². The van der Waals surface area contributed by atoms with Gasteiger partial charge in [-0.25, -0.2) is 4.39 Å². The first-order valence-electron chi connectivity index (χ1n) is 9.68. The molecule has 0 unspecified atom stereocenters. The lowest BCUT2D eigenvalue weighted by Crippen LogP contribution is -1.98. The van der Waals surface area contributed by atoms with Gasteiger partial charge >= 0.3 is 0 Å². The van der Waals surface area contributed by atoms with Crippen molar-refractivity contribution in [2.45, 2.75) is 13.3 Å². The number of nitro benzene ring substituents is 1. The summed E-state index contributed by atoms with van der Waals surface area (Å²) in [5.74, 6) is -0.701. The Labute approximate surface area is 202 Å². The predicted octanol–water partition coefficient (Wildman–Crippen LogP) is 6.65. The van der Waals surface area contributed by atoms with Crippen molar-refractivity contribution < 1.29 is 18.5 Å². The van der Waals surface area contributed by atoms with E-state index in [-0.39, 0.29) is 56.6 Å². The van der Waals surface area contributed by atoms with Gasteiger partial charge in [0, 0.05) is 28.3 Å². The molecule has 0 aliphatic heterocycles. The van der Waals surface area contributed by atoms with E-state index in [2.05, 4.69) is 10.2 Å². The van der Waals surface area contributed by atoms with Crippen molar-refractivity contribution in [2.75, 3.05) is 0 Å². The Morgan fingerprint density at radius 1 is 1.18 bits per heavy atom. The third-order valence-electron chi connectivity index (χ3n) is 4.82. The largest absolute Gasteiger partial charge is 0.453 e. The molecular weight excluding hydrogens is 486 g/mol. The first-order chi connectivity index (χ1) is 16.2. The minimum atomic E-state index is -0.753. The Morgan fingerprint density at radius 2 is 1.97 bits per heavy atom. The highest BCUT2D eigenvalue weighted by Gasteiger charge is 2.20. The molecule has 0 fully saturated rings. The highest BCUT2D eigenvalue weighted by molar-refractivity contribution is 6.32. The molecule has 34 heavy (non-hydrogen) atoms. The third-order valence-corrected chi connectivity index (χ3v) is 5.34. The average Bonchev–Trinajstić information content (AvgIpc) is 3.26. The second-order valence-corrected chi connectivity index (χ2v) is 8.02. The van der Waals surface area contributed by atoms with Crippen LogP contribution in [0.5, 0.6) is 11.5 Å². The SMILES string of the molecule is Cc1ccc([N+](=O)[O-])cc1-c1nnc(Cc2ccc(Cl)c(Oc3cc(Cl)cc(C#N)c3)c2F)o1. The van der Waals surface area contributed by atoms with E-state index in [0.717, 1.165) is 0 Å². The van der Waals surface area contributed by atoms with Crippen molar-refractivity contribution >= 4 is 28.9 Å². The summed E-state index contributed by atoms with van der Waals surface area (Å²) in [5, 5.41) is 28.3. The summed E-state index contributed by atoms with van der Waals surface area (Å²) in [5.41, 5.74) is 1.39. The number of rotatable bonds is 6. The van der Waals surface area contributed by atoms with E-state index in [4.69, 9.17) is 37.6 Å². The van der Waals surface area contributed by atoms with Gasteiger partial charge in [-0.3, -0.25) is 10.1 Å². The third kappa shape index (κ3) is 4.83. The molecule has 11 heteroatoms. The van der Waals surface area contributed by atoms with Gasteiger partial charge in [0.05, 0.1) is 28.0 Å². The van der Waals surface area contributed by atoms with E-state index in [1.54, 1.807) is 13.0 Å². The number of aryl methyl sites for hydroxylation is 1. The molecular formula is C23H13Cl2FN4O4. The molecule has 0 radical (unpaired) electrons. The Morgan fingerprint density at radius 3 is 2.71 bits per heavy atom. The van der Waals surface area contributed by atoms with Crippen LogP contribution < -0.4 is 4.74 Å².